The van der Waals surface area contributed by atoms with Gasteiger partial charge < -0.3 is 15.2 Å². The first-order valence-corrected chi connectivity index (χ1v) is 12.0. The highest BCUT2D eigenvalue weighted by Gasteiger charge is 2.28. The van der Waals surface area contributed by atoms with Crippen molar-refractivity contribution in [3.05, 3.63) is 70.7 Å². The first-order valence-electron chi connectivity index (χ1n) is 12.0. The Morgan fingerprint density at radius 1 is 1.06 bits per heavy atom. The van der Waals surface area contributed by atoms with Crippen LogP contribution in [0.15, 0.2) is 42.5 Å². The minimum absolute atomic E-state index is 0.0716. The van der Waals surface area contributed by atoms with Gasteiger partial charge in [0.25, 0.3) is 11.8 Å². The number of carbonyl (C=O) groups is 3. The quantitative estimate of drug-likeness (QED) is 0.409. The Morgan fingerprint density at radius 2 is 1.71 bits per heavy atom. The van der Waals surface area contributed by atoms with E-state index in [0.29, 0.717) is 30.0 Å². The number of likely N-dealkylation sites (tertiary alicyclic amines) is 1. The topological polar surface area (TPSA) is 82.3 Å². The number of amides is 2. The molecule has 0 atom stereocenters. The number of hydrogen-bond acceptors (Lipinski definition) is 3. The molecule has 6 nitrogen and oxygen atoms in total. The summed E-state index contributed by atoms with van der Waals surface area (Å²) < 4.78 is 13.2. The van der Waals surface area contributed by atoms with E-state index in [9.17, 15) is 18.8 Å². The van der Waals surface area contributed by atoms with Gasteiger partial charge in [-0.1, -0.05) is 12.1 Å². The van der Waals surface area contributed by atoms with Gasteiger partial charge >= 0.3 is 0 Å². The average molecular weight is 478 g/mol. The lowest BCUT2D eigenvalue weighted by atomic mass is 9.90. The van der Waals surface area contributed by atoms with Crippen LogP contribution in [0.3, 0.4) is 0 Å². The molecular formula is C28H32FN3O3. The molecule has 0 unspecified atom stereocenters. The van der Waals surface area contributed by atoms with E-state index in [1.54, 1.807) is 18.2 Å². The molecule has 0 bridgehead atoms. The van der Waals surface area contributed by atoms with Crippen LogP contribution in [-0.2, 0) is 11.2 Å². The van der Waals surface area contributed by atoms with E-state index in [2.05, 4.69) is 10.3 Å². The van der Waals surface area contributed by atoms with Gasteiger partial charge in [0.1, 0.15) is 5.82 Å². The van der Waals surface area contributed by atoms with Crippen molar-refractivity contribution in [2.24, 2.45) is 5.92 Å². The van der Waals surface area contributed by atoms with Crippen molar-refractivity contribution < 1.29 is 18.8 Å². The van der Waals surface area contributed by atoms with E-state index in [4.69, 9.17) is 0 Å². The van der Waals surface area contributed by atoms with Crippen LogP contribution in [0, 0.1) is 18.7 Å². The number of aromatic nitrogens is 1. The van der Waals surface area contributed by atoms with Gasteiger partial charge in [-0.25, -0.2) is 4.39 Å². The highest BCUT2D eigenvalue weighted by atomic mass is 19.1. The maximum Gasteiger partial charge on any atom is 0.292 e. The molecule has 2 aromatic carbocycles. The van der Waals surface area contributed by atoms with E-state index in [1.165, 1.54) is 12.1 Å². The normalized spacial score (nSPS) is 14.8. The van der Waals surface area contributed by atoms with E-state index >= 15 is 0 Å². The van der Waals surface area contributed by atoms with E-state index < -0.39 is 17.2 Å². The number of rotatable bonds is 5. The van der Waals surface area contributed by atoms with Crippen LogP contribution in [0.5, 0.6) is 0 Å². The number of aryl methyl sites for hydroxylation is 1. The summed E-state index contributed by atoms with van der Waals surface area (Å²) in [5.74, 6) is -1.15. The Kier molecular flexibility index (Phi) is 6.79. The predicted molar refractivity (Wildman–Crippen MR) is 134 cm³/mol. The van der Waals surface area contributed by atoms with Crippen LogP contribution in [0.1, 0.15) is 65.6 Å². The molecule has 3 aromatic rings. The summed E-state index contributed by atoms with van der Waals surface area (Å²) in [5.41, 5.74) is 2.88. The van der Waals surface area contributed by atoms with Gasteiger partial charge in [-0.3, -0.25) is 14.4 Å². The zero-order valence-electron chi connectivity index (χ0n) is 20.7. The van der Waals surface area contributed by atoms with Crippen LogP contribution in [0.2, 0.25) is 0 Å². The zero-order chi connectivity index (χ0) is 25.3. The van der Waals surface area contributed by atoms with E-state index in [0.717, 1.165) is 36.0 Å². The lowest BCUT2D eigenvalue weighted by Gasteiger charge is -2.32. The number of carbonyl (C=O) groups excluding carboxylic acids is 3. The van der Waals surface area contributed by atoms with Crippen molar-refractivity contribution in [1.29, 1.82) is 0 Å². The number of benzene rings is 2. The second kappa shape index (κ2) is 9.64. The van der Waals surface area contributed by atoms with Crippen LogP contribution in [0.4, 0.5) is 4.39 Å². The number of halogens is 1. The van der Waals surface area contributed by atoms with Crippen LogP contribution < -0.4 is 5.32 Å². The third-order valence-corrected chi connectivity index (χ3v) is 6.50. The summed E-state index contributed by atoms with van der Waals surface area (Å²) in [6.07, 6.45) is 2.62. The molecule has 1 fully saturated rings. The third-order valence-electron chi connectivity index (χ3n) is 6.50. The van der Waals surface area contributed by atoms with Crippen molar-refractivity contribution in [2.45, 2.75) is 52.5 Å². The van der Waals surface area contributed by atoms with Gasteiger partial charge in [-0.15, -0.1) is 0 Å². The number of aromatic amines is 1. The summed E-state index contributed by atoms with van der Waals surface area (Å²) in [6, 6.07) is 11.6. The Balaban J connectivity index is 1.49. The van der Waals surface area contributed by atoms with Gasteiger partial charge in [0.05, 0.1) is 5.56 Å². The van der Waals surface area contributed by atoms with Crippen molar-refractivity contribution in [2.75, 3.05) is 13.1 Å². The summed E-state index contributed by atoms with van der Waals surface area (Å²) in [7, 11) is 0. The maximum absolute atomic E-state index is 13.5. The summed E-state index contributed by atoms with van der Waals surface area (Å²) >= 11 is 0. The lowest BCUT2D eigenvalue weighted by Crippen LogP contribution is -2.44. The number of ketones is 1. The highest BCUT2D eigenvalue weighted by Crippen LogP contribution is 2.28. The van der Waals surface area contributed by atoms with Gasteiger partial charge in [0.2, 0.25) is 5.78 Å². The Hall–Kier alpha value is -3.48. The number of H-pyrrole nitrogens is 1. The Labute approximate surface area is 204 Å². The molecule has 35 heavy (non-hydrogen) atoms. The van der Waals surface area contributed by atoms with Crippen molar-refractivity contribution in [1.82, 2.24) is 15.2 Å². The van der Waals surface area contributed by atoms with Crippen molar-refractivity contribution >= 4 is 28.5 Å². The van der Waals surface area contributed by atoms with Gasteiger partial charge in [0, 0.05) is 40.8 Å². The summed E-state index contributed by atoms with van der Waals surface area (Å²) in [6.45, 7) is 8.58. The minimum atomic E-state index is -0.666. The molecule has 1 saturated heterocycles. The fraction of sp³-hybridized carbons (Fsp3) is 0.393. The molecule has 4 rings (SSSR count). The number of hydrogen-bond donors (Lipinski definition) is 2. The molecule has 0 saturated carbocycles. The van der Waals surface area contributed by atoms with Crippen molar-refractivity contribution in [3.63, 3.8) is 0 Å². The highest BCUT2D eigenvalue weighted by molar-refractivity contribution is 6.43. The predicted octanol–water partition coefficient (Wildman–Crippen LogP) is 4.81. The largest absolute Gasteiger partial charge is 0.358 e. The molecule has 0 spiro atoms. The van der Waals surface area contributed by atoms with E-state index in [-0.39, 0.29) is 17.3 Å². The molecule has 1 aromatic heterocycles. The van der Waals surface area contributed by atoms with Crippen LogP contribution >= 0.6 is 0 Å². The van der Waals surface area contributed by atoms with Gasteiger partial charge in [0.15, 0.2) is 0 Å². The smallest absolute Gasteiger partial charge is 0.292 e. The molecule has 2 amide bonds. The summed E-state index contributed by atoms with van der Waals surface area (Å²) in [5, 5.41) is 3.34. The monoisotopic (exact) mass is 477 g/mol. The number of Topliss-reactive ketones (excluding diaryl/α,β-unsaturated/α-hetero) is 1. The number of nitrogens with one attached hydrogen (secondary N) is 2. The van der Waals surface area contributed by atoms with Crippen molar-refractivity contribution in [3.8, 4) is 0 Å². The first-order chi connectivity index (χ1) is 16.5. The Morgan fingerprint density at radius 3 is 2.34 bits per heavy atom. The zero-order valence-corrected chi connectivity index (χ0v) is 20.7. The average Bonchev–Trinajstić information content (AvgIpc) is 3.13. The number of nitrogens with zero attached hydrogens (tertiary/aromatic N) is 1. The third kappa shape index (κ3) is 5.61. The molecule has 0 aliphatic carbocycles. The molecular weight excluding hydrogens is 445 g/mol. The molecule has 2 heterocycles. The molecule has 7 heteroatoms. The minimum Gasteiger partial charge on any atom is -0.358 e. The summed E-state index contributed by atoms with van der Waals surface area (Å²) in [4.78, 5) is 43.7. The molecule has 1 aliphatic rings. The number of piperidine rings is 1. The fourth-order valence-corrected chi connectivity index (χ4v) is 4.72. The molecule has 2 N–H and O–H groups in total. The maximum atomic E-state index is 13.5. The lowest BCUT2D eigenvalue weighted by molar-refractivity contribution is -0.118. The second-order valence-electron chi connectivity index (χ2n) is 10.5. The van der Waals surface area contributed by atoms with Crippen LogP contribution in [0.25, 0.3) is 10.9 Å². The van der Waals surface area contributed by atoms with Crippen LogP contribution in [-0.4, -0.2) is 46.1 Å². The first kappa shape index (κ1) is 24.6. The van der Waals surface area contributed by atoms with E-state index in [1.807, 2.05) is 44.7 Å². The number of fused-ring (bicyclic) bond motifs is 1. The standard InChI is InChI=1S/C28H32FN3O3/c1-17-24(22-16-20(7-10-23(22)30-17)25(33)26(34)31-28(2,3)4)27(35)32-13-11-19(12-14-32)15-18-5-8-21(29)9-6-18/h5-10,16,19,30H,11-15H2,1-4H3,(H,31,34). The SMILES string of the molecule is Cc1[nH]c2ccc(C(=O)C(=O)NC(C)(C)C)cc2c1C(=O)N1CCC(Cc2ccc(F)cc2)CC1. The molecule has 0 radical (unpaired) electrons. The molecule has 184 valence electrons. The van der Waals surface area contributed by atoms with Gasteiger partial charge in [-0.05, 0) is 88.8 Å². The Bertz CT molecular complexity index is 1260. The molecule has 1 aliphatic heterocycles. The fourth-order valence-electron chi connectivity index (χ4n) is 4.72. The second-order valence-corrected chi connectivity index (χ2v) is 10.5. The van der Waals surface area contributed by atoms with Gasteiger partial charge in [-0.2, -0.15) is 0 Å².